The number of carbonyl (C=O) groups excluding carboxylic acids is 2. The summed E-state index contributed by atoms with van der Waals surface area (Å²) in [4.78, 5) is 22.7. The first-order chi connectivity index (χ1) is 7.42. The van der Waals surface area contributed by atoms with Crippen LogP contribution in [0.4, 0.5) is 0 Å². The summed E-state index contributed by atoms with van der Waals surface area (Å²) in [5, 5.41) is 2.79. The van der Waals surface area contributed by atoms with Crippen LogP contribution >= 0.6 is 0 Å². The van der Waals surface area contributed by atoms with Gasteiger partial charge in [-0.05, 0) is 32.6 Å². The van der Waals surface area contributed by atoms with Crippen LogP contribution in [0.25, 0.3) is 0 Å². The summed E-state index contributed by atoms with van der Waals surface area (Å²) in [5.41, 5.74) is 4.57. The molecule has 3 N–H and O–H groups in total. The van der Waals surface area contributed by atoms with Gasteiger partial charge in [0.1, 0.15) is 0 Å². The molecule has 0 atom stereocenters. The third-order valence-electron chi connectivity index (χ3n) is 3.34. The minimum atomic E-state index is -0.661. The SMILES string of the molecule is CC(C)(CNC(=O)CC1CCCC1)C(N)=O. The molecule has 4 nitrogen and oxygen atoms in total. The first kappa shape index (κ1) is 13.0. The number of primary amides is 1. The Morgan fingerprint density at radius 3 is 2.38 bits per heavy atom. The van der Waals surface area contributed by atoms with Gasteiger partial charge in [-0.1, -0.05) is 12.8 Å². The number of nitrogens with two attached hydrogens (primary N) is 1. The van der Waals surface area contributed by atoms with Crippen molar-refractivity contribution in [2.24, 2.45) is 17.1 Å². The Morgan fingerprint density at radius 1 is 1.31 bits per heavy atom. The van der Waals surface area contributed by atoms with Crippen molar-refractivity contribution in [3.8, 4) is 0 Å². The molecular formula is C12H22N2O2. The minimum absolute atomic E-state index is 0.0428. The van der Waals surface area contributed by atoms with Gasteiger partial charge in [0.25, 0.3) is 0 Å². The molecule has 0 aromatic rings. The first-order valence-electron chi connectivity index (χ1n) is 5.98. The highest BCUT2D eigenvalue weighted by atomic mass is 16.2. The molecule has 1 aliphatic rings. The molecule has 0 radical (unpaired) electrons. The second-order valence-corrected chi connectivity index (χ2v) is 5.38. The van der Waals surface area contributed by atoms with Gasteiger partial charge in [0.15, 0.2) is 0 Å². The summed E-state index contributed by atoms with van der Waals surface area (Å²) >= 11 is 0. The molecule has 1 rings (SSSR count). The number of hydrogen-bond acceptors (Lipinski definition) is 2. The topological polar surface area (TPSA) is 72.2 Å². The standard InChI is InChI=1S/C12H22N2O2/c1-12(2,11(13)16)8-14-10(15)7-9-5-3-4-6-9/h9H,3-8H2,1-2H3,(H2,13,16)(H,14,15). The van der Waals surface area contributed by atoms with Gasteiger partial charge < -0.3 is 11.1 Å². The van der Waals surface area contributed by atoms with E-state index in [2.05, 4.69) is 5.32 Å². The minimum Gasteiger partial charge on any atom is -0.369 e. The highest BCUT2D eigenvalue weighted by Gasteiger charge is 2.26. The fraction of sp³-hybridized carbons (Fsp3) is 0.833. The van der Waals surface area contributed by atoms with E-state index in [0.717, 1.165) is 12.8 Å². The van der Waals surface area contributed by atoms with Gasteiger partial charge in [-0.2, -0.15) is 0 Å². The molecule has 0 bridgehead atoms. The lowest BCUT2D eigenvalue weighted by molar-refractivity contribution is -0.127. The largest absolute Gasteiger partial charge is 0.369 e. The van der Waals surface area contributed by atoms with E-state index in [1.54, 1.807) is 13.8 Å². The van der Waals surface area contributed by atoms with Crippen LogP contribution in [0.1, 0.15) is 46.0 Å². The molecule has 16 heavy (non-hydrogen) atoms. The Hall–Kier alpha value is -1.06. The van der Waals surface area contributed by atoms with Crippen LogP contribution in [0, 0.1) is 11.3 Å². The second-order valence-electron chi connectivity index (χ2n) is 5.38. The van der Waals surface area contributed by atoms with E-state index in [9.17, 15) is 9.59 Å². The van der Waals surface area contributed by atoms with Crippen LogP contribution in [0.2, 0.25) is 0 Å². The quantitative estimate of drug-likeness (QED) is 0.739. The zero-order chi connectivity index (χ0) is 12.2. The molecule has 4 heteroatoms. The number of rotatable bonds is 5. The lowest BCUT2D eigenvalue weighted by Crippen LogP contribution is -2.42. The molecule has 0 unspecified atom stereocenters. The van der Waals surface area contributed by atoms with Crippen molar-refractivity contribution in [3.63, 3.8) is 0 Å². The predicted molar refractivity (Wildman–Crippen MR) is 62.6 cm³/mol. The van der Waals surface area contributed by atoms with E-state index in [0.29, 0.717) is 18.9 Å². The molecule has 1 aliphatic carbocycles. The molecule has 0 aromatic heterocycles. The smallest absolute Gasteiger partial charge is 0.224 e. The molecule has 0 spiro atoms. The van der Waals surface area contributed by atoms with Crippen LogP contribution in [-0.2, 0) is 9.59 Å². The Balaban J connectivity index is 2.26. The molecular weight excluding hydrogens is 204 g/mol. The highest BCUT2D eigenvalue weighted by molar-refractivity contribution is 5.82. The van der Waals surface area contributed by atoms with Crippen LogP contribution in [-0.4, -0.2) is 18.4 Å². The van der Waals surface area contributed by atoms with Crippen molar-refractivity contribution in [1.29, 1.82) is 0 Å². The van der Waals surface area contributed by atoms with Crippen LogP contribution in [0.5, 0.6) is 0 Å². The number of hydrogen-bond donors (Lipinski definition) is 2. The maximum absolute atomic E-state index is 11.6. The highest BCUT2D eigenvalue weighted by Crippen LogP contribution is 2.27. The van der Waals surface area contributed by atoms with E-state index in [4.69, 9.17) is 5.73 Å². The Bertz CT molecular complexity index is 268. The maximum Gasteiger partial charge on any atom is 0.224 e. The fourth-order valence-electron chi connectivity index (χ4n) is 1.96. The molecule has 0 aromatic carbocycles. The molecule has 0 saturated heterocycles. The van der Waals surface area contributed by atoms with Gasteiger partial charge in [-0.25, -0.2) is 0 Å². The predicted octanol–water partition coefficient (Wildman–Crippen LogP) is 1.19. The van der Waals surface area contributed by atoms with Gasteiger partial charge in [0, 0.05) is 13.0 Å². The molecule has 0 heterocycles. The average molecular weight is 226 g/mol. The van der Waals surface area contributed by atoms with Crippen LogP contribution in [0.15, 0.2) is 0 Å². The van der Waals surface area contributed by atoms with Gasteiger partial charge in [0.05, 0.1) is 5.41 Å². The lowest BCUT2D eigenvalue weighted by atomic mass is 9.92. The molecule has 1 fully saturated rings. The van der Waals surface area contributed by atoms with Crippen molar-refractivity contribution < 1.29 is 9.59 Å². The summed E-state index contributed by atoms with van der Waals surface area (Å²) in [6.07, 6.45) is 5.39. The van der Waals surface area contributed by atoms with Crippen molar-refractivity contribution in [2.45, 2.75) is 46.0 Å². The van der Waals surface area contributed by atoms with Gasteiger partial charge >= 0.3 is 0 Å². The summed E-state index contributed by atoms with van der Waals surface area (Å²) in [6, 6.07) is 0. The number of nitrogens with one attached hydrogen (secondary N) is 1. The zero-order valence-corrected chi connectivity index (χ0v) is 10.2. The van der Waals surface area contributed by atoms with E-state index >= 15 is 0 Å². The van der Waals surface area contributed by atoms with Crippen molar-refractivity contribution in [2.75, 3.05) is 6.54 Å². The van der Waals surface area contributed by atoms with E-state index in [1.165, 1.54) is 12.8 Å². The van der Waals surface area contributed by atoms with Crippen molar-refractivity contribution in [3.05, 3.63) is 0 Å². The van der Waals surface area contributed by atoms with Crippen molar-refractivity contribution in [1.82, 2.24) is 5.32 Å². The Labute approximate surface area is 97.0 Å². The van der Waals surface area contributed by atoms with Crippen LogP contribution in [0.3, 0.4) is 0 Å². The van der Waals surface area contributed by atoms with Gasteiger partial charge in [-0.15, -0.1) is 0 Å². The number of amides is 2. The Morgan fingerprint density at radius 2 is 1.88 bits per heavy atom. The fourth-order valence-corrected chi connectivity index (χ4v) is 1.96. The average Bonchev–Trinajstić information content (AvgIpc) is 2.67. The molecule has 0 aliphatic heterocycles. The third kappa shape index (κ3) is 3.83. The Kier molecular flexibility index (Phi) is 4.33. The second kappa shape index (κ2) is 5.32. The van der Waals surface area contributed by atoms with Gasteiger partial charge in [-0.3, -0.25) is 9.59 Å². The maximum atomic E-state index is 11.6. The van der Waals surface area contributed by atoms with Crippen LogP contribution < -0.4 is 11.1 Å². The summed E-state index contributed by atoms with van der Waals surface area (Å²) < 4.78 is 0. The van der Waals surface area contributed by atoms with E-state index < -0.39 is 5.41 Å². The molecule has 92 valence electrons. The molecule has 1 saturated carbocycles. The summed E-state index contributed by atoms with van der Waals surface area (Å²) in [5.74, 6) is 0.201. The first-order valence-corrected chi connectivity index (χ1v) is 5.98. The third-order valence-corrected chi connectivity index (χ3v) is 3.34. The van der Waals surface area contributed by atoms with E-state index in [-0.39, 0.29) is 11.8 Å². The monoisotopic (exact) mass is 226 g/mol. The van der Waals surface area contributed by atoms with Gasteiger partial charge in [0.2, 0.25) is 11.8 Å². The van der Waals surface area contributed by atoms with Crippen molar-refractivity contribution >= 4 is 11.8 Å². The number of carbonyl (C=O) groups is 2. The lowest BCUT2D eigenvalue weighted by Gasteiger charge is -2.21. The molecule has 2 amide bonds. The zero-order valence-electron chi connectivity index (χ0n) is 10.2. The summed E-state index contributed by atoms with van der Waals surface area (Å²) in [7, 11) is 0. The summed E-state index contributed by atoms with van der Waals surface area (Å²) in [6.45, 7) is 3.81. The van der Waals surface area contributed by atoms with E-state index in [1.807, 2.05) is 0 Å². The normalized spacial score (nSPS) is 17.4.